The largest absolute Gasteiger partial charge is 0.618 e. The van der Waals surface area contributed by atoms with E-state index >= 15 is 0 Å². The molecule has 0 unspecified atom stereocenters. The summed E-state index contributed by atoms with van der Waals surface area (Å²) in [7, 11) is 1.58. The van der Waals surface area contributed by atoms with Gasteiger partial charge in [-0.15, -0.1) is 16.1 Å². The van der Waals surface area contributed by atoms with Gasteiger partial charge in [-0.25, -0.2) is 0 Å². The van der Waals surface area contributed by atoms with Crippen LogP contribution in [0.25, 0.3) is 21.6 Å². The molecule has 6 nitrogen and oxygen atoms in total. The minimum Gasteiger partial charge on any atom is -0.618 e. The Morgan fingerprint density at radius 3 is 2.63 bits per heavy atom. The van der Waals surface area contributed by atoms with Crippen LogP contribution < -0.4 is 19.9 Å². The van der Waals surface area contributed by atoms with Gasteiger partial charge in [0.1, 0.15) is 17.2 Å². The van der Waals surface area contributed by atoms with Crippen molar-refractivity contribution in [2.24, 2.45) is 0 Å². The molecule has 2 aromatic carbocycles. The molecule has 0 bridgehead atoms. The van der Waals surface area contributed by atoms with Gasteiger partial charge in [0.15, 0.2) is 5.52 Å². The van der Waals surface area contributed by atoms with Gasteiger partial charge in [0.05, 0.1) is 7.11 Å². The van der Waals surface area contributed by atoms with Crippen molar-refractivity contribution in [1.29, 1.82) is 0 Å². The normalized spacial score (nSPS) is 10.9. The summed E-state index contributed by atoms with van der Waals surface area (Å²) in [6.45, 7) is 0.126. The third-order valence-corrected chi connectivity index (χ3v) is 5.08. The highest BCUT2D eigenvalue weighted by atomic mass is 32.1. The fraction of sp³-hybridized carbons (Fsp3) is 0.100. The molecule has 0 radical (unpaired) electrons. The summed E-state index contributed by atoms with van der Waals surface area (Å²) < 4.78 is 7.19. The van der Waals surface area contributed by atoms with Gasteiger partial charge in [-0.1, -0.05) is 36.4 Å². The summed E-state index contributed by atoms with van der Waals surface area (Å²) in [5.74, 6) is 0.670. The predicted octanol–water partition coefficient (Wildman–Crippen LogP) is 3.00. The van der Waals surface area contributed by atoms with Crippen molar-refractivity contribution in [3.63, 3.8) is 0 Å². The smallest absolute Gasteiger partial charge is 0.358 e. The van der Waals surface area contributed by atoms with Crippen molar-refractivity contribution in [3.8, 4) is 16.3 Å². The van der Waals surface area contributed by atoms with Crippen molar-refractivity contribution in [1.82, 2.24) is 4.73 Å². The van der Waals surface area contributed by atoms with E-state index in [0.29, 0.717) is 26.4 Å². The van der Waals surface area contributed by atoms with E-state index in [1.54, 1.807) is 43.5 Å². The van der Waals surface area contributed by atoms with E-state index in [0.717, 1.165) is 5.56 Å². The van der Waals surface area contributed by atoms with Gasteiger partial charge < -0.3 is 14.8 Å². The highest BCUT2D eigenvalue weighted by Crippen LogP contribution is 2.21. The molecule has 0 atom stereocenters. The maximum absolute atomic E-state index is 13.1. The van der Waals surface area contributed by atoms with E-state index in [1.807, 2.05) is 29.6 Å². The van der Waals surface area contributed by atoms with Gasteiger partial charge in [0.2, 0.25) is 5.52 Å². The van der Waals surface area contributed by atoms with Crippen LogP contribution in [0.2, 0.25) is 0 Å². The second-order valence-electron chi connectivity index (χ2n) is 5.79. The van der Waals surface area contributed by atoms with Gasteiger partial charge in [0.25, 0.3) is 0 Å². The molecule has 0 amide bonds. The Morgan fingerprint density at radius 1 is 1.07 bits per heavy atom. The minimum atomic E-state index is -0.499. The van der Waals surface area contributed by atoms with Crippen LogP contribution in [0.5, 0.6) is 5.75 Å². The van der Waals surface area contributed by atoms with Crippen molar-refractivity contribution < 1.29 is 14.3 Å². The molecule has 0 saturated carbocycles. The number of ether oxygens (including phenoxy) is 1. The highest BCUT2D eigenvalue weighted by Gasteiger charge is 2.24. The minimum absolute atomic E-state index is 0.0451. The number of rotatable bonds is 5. The number of benzene rings is 2. The number of hydrogen-bond donors (Lipinski definition) is 0. The summed E-state index contributed by atoms with van der Waals surface area (Å²) in [6, 6.07) is 17.8. The molecule has 2 aromatic heterocycles. The fourth-order valence-electron chi connectivity index (χ4n) is 2.92. The third-order valence-electron chi connectivity index (χ3n) is 4.21. The van der Waals surface area contributed by atoms with Crippen molar-refractivity contribution >= 4 is 22.4 Å². The molecule has 4 rings (SSSR count). The van der Waals surface area contributed by atoms with Gasteiger partial charge in [0, 0.05) is 11.6 Å². The monoisotopic (exact) mass is 380 g/mol. The van der Waals surface area contributed by atoms with Crippen LogP contribution in [-0.2, 0) is 6.61 Å². The number of hydrogen-bond acceptors (Lipinski definition) is 5. The van der Waals surface area contributed by atoms with E-state index in [9.17, 15) is 10.0 Å². The molecule has 27 heavy (non-hydrogen) atoms. The molecule has 4 aromatic rings. The number of fused-ring (bicyclic) bond motifs is 1. The molecule has 7 heteroatoms. The van der Waals surface area contributed by atoms with Gasteiger partial charge in [-0.05, 0) is 23.6 Å². The number of para-hydroxylation sites is 3. The van der Waals surface area contributed by atoms with Crippen molar-refractivity contribution in [3.05, 3.63) is 87.2 Å². The van der Waals surface area contributed by atoms with Crippen LogP contribution in [0.1, 0.15) is 5.56 Å². The first kappa shape index (κ1) is 17.1. The molecule has 0 aliphatic heterocycles. The van der Waals surface area contributed by atoms with E-state index in [2.05, 4.69) is 0 Å². The average Bonchev–Trinajstić information content (AvgIpc) is 3.22. The molecule has 136 valence electrons. The number of aromatic nitrogens is 2. The van der Waals surface area contributed by atoms with E-state index in [4.69, 9.17) is 9.57 Å². The lowest BCUT2D eigenvalue weighted by molar-refractivity contribution is -0.566. The Hall–Kier alpha value is -3.32. The zero-order valence-electron chi connectivity index (χ0n) is 14.5. The molecular weight excluding hydrogens is 364 g/mol. The number of nitrogens with zero attached hydrogens (tertiary/aromatic N) is 2. The lowest BCUT2D eigenvalue weighted by Crippen LogP contribution is -2.42. The highest BCUT2D eigenvalue weighted by molar-refractivity contribution is 7.13. The van der Waals surface area contributed by atoms with Crippen molar-refractivity contribution in [2.45, 2.75) is 6.61 Å². The Morgan fingerprint density at radius 2 is 1.85 bits per heavy atom. The van der Waals surface area contributed by atoms with E-state index in [1.165, 1.54) is 16.1 Å². The Balaban J connectivity index is 1.86. The molecule has 0 saturated heterocycles. The molecule has 0 spiro atoms. The zero-order valence-corrected chi connectivity index (χ0v) is 15.3. The maximum Gasteiger partial charge on any atom is 0.358 e. The zero-order chi connectivity index (χ0) is 18.8. The van der Waals surface area contributed by atoms with E-state index in [-0.39, 0.29) is 12.3 Å². The topological polar surface area (TPSA) is 67.4 Å². The number of thiophene rings is 1. The lowest BCUT2D eigenvalue weighted by atomic mass is 10.2. The summed E-state index contributed by atoms with van der Waals surface area (Å²) in [5.41, 5.74) is 1.12. The van der Waals surface area contributed by atoms with Crippen LogP contribution in [-0.4, -0.2) is 11.8 Å². The lowest BCUT2D eigenvalue weighted by Gasteiger charge is -2.14. The summed E-state index contributed by atoms with van der Waals surface area (Å²) in [4.78, 5) is 19.5. The molecule has 0 aliphatic rings. The first-order valence-corrected chi connectivity index (χ1v) is 9.15. The second kappa shape index (κ2) is 7.13. The Bertz CT molecular complexity index is 1150. The van der Waals surface area contributed by atoms with Gasteiger partial charge in [-0.2, -0.15) is 4.73 Å². The van der Waals surface area contributed by atoms with Crippen LogP contribution in [0.3, 0.4) is 0 Å². The molecule has 0 fully saturated rings. The SMILES string of the molecule is COc1ccccc1COn1c(=O)c(-c2cccs2)[n+]([O-])c2ccccc21. The third kappa shape index (κ3) is 3.02. The van der Waals surface area contributed by atoms with E-state index < -0.39 is 5.56 Å². The first-order chi connectivity index (χ1) is 13.2. The summed E-state index contributed by atoms with van der Waals surface area (Å²) in [5, 5.41) is 14.6. The van der Waals surface area contributed by atoms with Crippen LogP contribution >= 0.6 is 11.3 Å². The second-order valence-corrected chi connectivity index (χ2v) is 6.74. The molecule has 0 N–H and O–H groups in total. The predicted molar refractivity (Wildman–Crippen MR) is 104 cm³/mol. The average molecular weight is 380 g/mol. The van der Waals surface area contributed by atoms with Crippen LogP contribution in [0.15, 0.2) is 70.8 Å². The summed E-state index contributed by atoms with van der Waals surface area (Å²) >= 11 is 1.33. The Labute approximate surface area is 159 Å². The molecular formula is C20H16N2O4S. The fourth-order valence-corrected chi connectivity index (χ4v) is 3.67. The van der Waals surface area contributed by atoms with Gasteiger partial charge in [-0.3, -0.25) is 4.79 Å². The molecule has 0 aliphatic carbocycles. The maximum atomic E-state index is 13.1. The quantitative estimate of drug-likeness (QED) is 0.394. The standard InChI is InChI=1S/C20H16N2O4S/c1-25-17-10-5-2-7-14(17)13-26-22-16-9-4-3-8-15(16)21(24)19(20(22)23)18-11-6-12-27-18/h2-12H,13H2,1H3. The Kier molecular flexibility index (Phi) is 4.52. The van der Waals surface area contributed by atoms with Gasteiger partial charge >= 0.3 is 11.3 Å². The first-order valence-electron chi connectivity index (χ1n) is 8.27. The van der Waals surface area contributed by atoms with Crippen molar-refractivity contribution in [2.75, 3.05) is 7.11 Å². The van der Waals surface area contributed by atoms with Crippen LogP contribution in [0.4, 0.5) is 0 Å². The molecule has 2 heterocycles. The number of methoxy groups -OCH3 is 1. The van der Waals surface area contributed by atoms with Crippen LogP contribution in [0, 0.1) is 5.21 Å². The summed E-state index contributed by atoms with van der Waals surface area (Å²) in [6.07, 6.45) is 0.